The van der Waals surface area contributed by atoms with E-state index in [9.17, 15) is 9.59 Å². The second kappa shape index (κ2) is 9.58. The Bertz CT molecular complexity index is 818. The van der Waals surface area contributed by atoms with Crippen molar-refractivity contribution in [3.05, 3.63) is 46.8 Å². The van der Waals surface area contributed by atoms with Gasteiger partial charge in [-0.15, -0.1) is 0 Å². The van der Waals surface area contributed by atoms with Crippen LogP contribution >= 0.6 is 0 Å². The number of esters is 1. The van der Waals surface area contributed by atoms with Crippen LogP contribution in [-0.2, 0) is 27.4 Å². The van der Waals surface area contributed by atoms with Crippen molar-refractivity contribution < 1.29 is 23.6 Å². The Hall–Kier alpha value is -2.83. The second-order valence-corrected chi connectivity index (χ2v) is 7.53. The van der Waals surface area contributed by atoms with Gasteiger partial charge >= 0.3 is 5.97 Å². The van der Waals surface area contributed by atoms with E-state index < -0.39 is 12.1 Å². The lowest BCUT2D eigenvalue weighted by molar-refractivity contribution is -0.154. The van der Waals surface area contributed by atoms with Crippen molar-refractivity contribution in [2.24, 2.45) is 0 Å². The fourth-order valence-corrected chi connectivity index (χ4v) is 3.41. The molecule has 1 aliphatic carbocycles. The number of aryl methyl sites for hydroxylation is 2. The van der Waals surface area contributed by atoms with E-state index in [0.717, 1.165) is 48.3 Å². The predicted molar refractivity (Wildman–Crippen MR) is 106 cm³/mol. The Morgan fingerprint density at radius 2 is 1.90 bits per heavy atom. The van der Waals surface area contributed by atoms with Crippen LogP contribution in [0.3, 0.4) is 0 Å². The van der Waals surface area contributed by atoms with Crippen LogP contribution in [0, 0.1) is 13.8 Å². The van der Waals surface area contributed by atoms with Crippen LogP contribution in [0.1, 0.15) is 55.2 Å². The summed E-state index contributed by atoms with van der Waals surface area (Å²) in [5.41, 5.74) is 2.54. The lowest BCUT2D eigenvalue weighted by Crippen LogP contribution is -2.41. The summed E-state index contributed by atoms with van der Waals surface area (Å²) in [6.07, 6.45) is 3.58. The molecule has 1 unspecified atom stereocenters. The van der Waals surface area contributed by atoms with Crippen molar-refractivity contribution in [2.45, 2.75) is 71.6 Å². The number of ether oxygens (including phenoxy) is 2. The average molecular weight is 400 g/mol. The molecule has 0 radical (unpaired) electrons. The lowest BCUT2D eigenvalue weighted by atomic mass is 10.1. The van der Waals surface area contributed by atoms with Gasteiger partial charge in [-0.1, -0.05) is 30.1 Å². The van der Waals surface area contributed by atoms with Crippen molar-refractivity contribution in [2.75, 3.05) is 0 Å². The maximum Gasteiger partial charge on any atom is 0.311 e. The molecule has 1 saturated carbocycles. The van der Waals surface area contributed by atoms with Crippen molar-refractivity contribution in [3.63, 3.8) is 0 Å². The first kappa shape index (κ1) is 20.9. The Morgan fingerprint density at radius 3 is 2.52 bits per heavy atom. The minimum Gasteiger partial charge on any atom is -0.489 e. The van der Waals surface area contributed by atoms with E-state index in [0.29, 0.717) is 12.4 Å². The van der Waals surface area contributed by atoms with Crippen LogP contribution in [0.15, 0.2) is 28.8 Å². The van der Waals surface area contributed by atoms with Crippen molar-refractivity contribution in [1.82, 2.24) is 10.5 Å². The highest BCUT2D eigenvalue weighted by Crippen LogP contribution is 2.19. The number of carbonyl (C=O) groups is 2. The third kappa shape index (κ3) is 5.82. The number of rotatable bonds is 8. The molecule has 0 bridgehead atoms. The van der Waals surface area contributed by atoms with E-state index in [-0.39, 0.29) is 18.4 Å². The molecule has 3 rings (SSSR count). The van der Waals surface area contributed by atoms with E-state index in [4.69, 9.17) is 14.0 Å². The maximum atomic E-state index is 12.2. The van der Waals surface area contributed by atoms with Crippen LogP contribution in [0.2, 0.25) is 0 Å². The maximum absolute atomic E-state index is 12.2. The minimum atomic E-state index is -0.791. The molecule has 1 fully saturated rings. The van der Waals surface area contributed by atoms with E-state index in [1.165, 1.54) is 0 Å². The second-order valence-electron chi connectivity index (χ2n) is 7.53. The number of aromatic nitrogens is 1. The highest BCUT2D eigenvalue weighted by molar-refractivity contribution is 5.84. The molecule has 0 aliphatic heterocycles. The molecule has 7 heteroatoms. The Balaban J connectivity index is 1.44. The first-order valence-electron chi connectivity index (χ1n) is 10.1. The van der Waals surface area contributed by atoms with Crippen LogP contribution in [0.25, 0.3) is 0 Å². The number of hydrogen-bond donors (Lipinski definition) is 1. The fourth-order valence-electron chi connectivity index (χ4n) is 3.41. The van der Waals surface area contributed by atoms with Gasteiger partial charge in [-0.25, -0.2) is 0 Å². The number of nitrogens with zero attached hydrogens (tertiary/aromatic N) is 1. The topological polar surface area (TPSA) is 90.7 Å². The molecule has 1 aromatic carbocycles. The summed E-state index contributed by atoms with van der Waals surface area (Å²) < 4.78 is 16.2. The number of hydrogen-bond acceptors (Lipinski definition) is 6. The van der Waals surface area contributed by atoms with Gasteiger partial charge in [0.2, 0.25) is 0 Å². The Morgan fingerprint density at radius 1 is 1.21 bits per heavy atom. The van der Waals surface area contributed by atoms with Crippen LogP contribution in [-0.4, -0.2) is 29.2 Å². The summed E-state index contributed by atoms with van der Waals surface area (Å²) in [6, 6.07) is 7.44. The Labute approximate surface area is 170 Å². The number of carbonyl (C=O) groups excluding carboxylic acids is 2. The van der Waals surface area contributed by atoms with Crippen LogP contribution in [0.5, 0.6) is 5.75 Å². The summed E-state index contributed by atoms with van der Waals surface area (Å²) in [4.78, 5) is 24.3. The molecule has 1 heterocycles. The standard InChI is InChI=1S/C22H28N2O5/c1-14-20(15(2)29-24-14)13-27-19-10-8-17(9-11-19)12-21(25)28-16(3)22(26)23-18-6-4-5-7-18/h8-11,16,18H,4-7,12-13H2,1-3H3,(H,23,26). The summed E-state index contributed by atoms with van der Waals surface area (Å²) in [7, 11) is 0. The zero-order chi connectivity index (χ0) is 20.8. The van der Waals surface area contributed by atoms with Crippen molar-refractivity contribution in [1.29, 1.82) is 0 Å². The average Bonchev–Trinajstić information content (AvgIpc) is 3.31. The molecule has 29 heavy (non-hydrogen) atoms. The third-order valence-electron chi connectivity index (χ3n) is 5.22. The monoisotopic (exact) mass is 400 g/mol. The summed E-state index contributed by atoms with van der Waals surface area (Å²) in [6.45, 7) is 5.70. The number of amides is 1. The first-order valence-corrected chi connectivity index (χ1v) is 10.1. The predicted octanol–water partition coefficient (Wildman–Crippen LogP) is 3.40. The molecule has 2 aromatic rings. The van der Waals surface area contributed by atoms with Crippen molar-refractivity contribution >= 4 is 11.9 Å². The van der Waals surface area contributed by atoms with Gasteiger partial charge in [-0.05, 0) is 51.3 Å². The van der Waals surface area contributed by atoms with E-state index >= 15 is 0 Å². The van der Waals surface area contributed by atoms with E-state index in [1.54, 1.807) is 19.1 Å². The van der Waals surface area contributed by atoms with E-state index in [1.807, 2.05) is 26.0 Å². The summed E-state index contributed by atoms with van der Waals surface area (Å²) in [5.74, 6) is 0.774. The zero-order valence-corrected chi connectivity index (χ0v) is 17.2. The number of benzene rings is 1. The van der Waals surface area contributed by atoms with Gasteiger partial charge in [-0.3, -0.25) is 9.59 Å². The van der Waals surface area contributed by atoms with Gasteiger partial charge in [0, 0.05) is 6.04 Å². The number of nitrogens with one attached hydrogen (secondary N) is 1. The molecule has 0 saturated heterocycles. The molecule has 1 aliphatic rings. The largest absolute Gasteiger partial charge is 0.489 e. The van der Waals surface area contributed by atoms with E-state index in [2.05, 4.69) is 10.5 Å². The molecule has 0 spiro atoms. The highest BCUT2D eigenvalue weighted by Gasteiger charge is 2.23. The van der Waals surface area contributed by atoms with Gasteiger partial charge in [0.15, 0.2) is 6.10 Å². The van der Waals surface area contributed by atoms with Crippen LogP contribution in [0.4, 0.5) is 0 Å². The molecule has 1 amide bonds. The molecule has 156 valence electrons. The van der Waals surface area contributed by atoms with Gasteiger partial charge in [0.25, 0.3) is 5.91 Å². The van der Waals surface area contributed by atoms with Gasteiger partial charge in [0.1, 0.15) is 18.1 Å². The minimum absolute atomic E-state index is 0.102. The quantitative estimate of drug-likeness (QED) is 0.683. The van der Waals surface area contributed by atoms with Crippen LogP contribution < -0.4 is 10.1 Å². The Kier molecular flexibility index (Phi) is 6.90. The third-order valence-corrected chi connectivity index (χ3v) is 5.22. The lowest BCUT2D eigenvalue weighted by Gasteiger charge is -2.17. The summed E-state index contributed by atoms with van der Waals surface area (Å²) >= 11 is 0. The van der Waals surface area contributed by atoms with Gasteiger partial charge < -0.3 is 19.3 Å². The molecular weight excluding hydrogens is 372 g/mol. The van der Waals surface area contributed by atoms with Gasteiger partial charge in [0.05, 0.1) is 17.7 Å². The fraction of sp³-hybridized carbons (Fsp3) is 0.500. The normalized spacial score (nSPS) is 15.1. The molecule has 1 aromatic heterocycles. The molecular formula is C22H28N2O5. The SMILES string of the molecule is Cc1noc(C)c1COc1ccc(CC(=O)OC(C)C(=O)NC2CCCC2)cc1. The zero-order valence-electron chi connectivity index (χ0n) is 17.2. The van der Waals surface area contributed by atoms with Gasteiger partial charge in [-0.2, -0.15) is 0 Å². The highest BCUT2D eigenvalue weighted by atomic mass is 16.5. The first-order chi connectivity index (χ1) is 13.9. The smallest absolute Gasteiger partial charge is 0.311 e. The van der Waals surface area contributed by atoms with Crippen molar-refractivity contribution in [3.8, 4) is 5.75 Å². The molecule has 1 N–H and O–H groups in total. The molecule has 7 nitrogen and oxygen atoms in total. The summed E-state index contributed by atoms with van der Waals surface area (Å²) in [5, 5.41) is 6.85. The molecule has 1 atom stereocenters.